The molecule has 0 spiro atoms. The third-order valence-corrected chi connectivity index (χ3v) is 4.03. The van der Waals surface area contributed by atoms with E-state index in [9.17, 15) is 14.4 Å². The first-order valence-electron chi connectivity index (χ1n) is 9.48. The molecule has 0 saturated heterocycles. The minimum Gasteiger partial charge on any atom is -0.507 e. The van der Waals surface area contributed by atoms with Crippen LogP contribution < -0.4 is 4.74 Å². The van der Waals surface area contributed by atoms with Crippen LogP contribution >= 0.6 is 12.4 Å². The van der Waals surface area contributed by atoms with Crippen molar-refractivity contribution >= 4 is 30.3 Å². The van der Waals surface area contributed by atoms with E-state index in [4.69, 9.17) is 19.7 Å². The Morgan fingerprint density at radius 3 is 1.97 bits per heavy atom. The van der Waals surface area contributed by atoms with Crippen LogP contribution in [-0.2, 0) is 9.53 Å². The summed E-state index contributed by atoms with van der Waals surface area (Å²) in [7, 11) is 0. The fraction of sp³-hybridized carbons (Fsp3) is 0.318. The average Bonchev–Trinajstić information content (AvgIpc) is 2.71. The van der Waals surface area contributed by atoms with E-state index >= 15 is 0 Å². The second kappa shape index (κ2) is 14.8. The number of carbonyl (C=O) groups excluding carboxylic acids is 2. The van der Waals surface area contributed by atoms with Crippen LogP contribution in [0.3, 0.4) is 0 Å². The van der Waals surface area contributed by atoms with Gasteiger partial charge in [-0.05, 0) is 37.4 Å². The van der Waals surface area contributed by atoms with Crippen LogP contribution in [-0.4, -0.2) is 59.3 Å². The highest BCUT2D eigenvalue weighted by Gasteiger charge is 2.15. The van der Waals surface area contributed by atoms with Gasteiger partial charge in [0.15, 0.2) is 0 Å². The van der Waals surface area contributed by atoms with E-state index in [0.29, 0.717) is 13.2 Å². The molecule has 0 unspecified atom stereocenters. The maximum atomic E-state index is 12.0. The first kappa shape index (κ1) is 27.9. The molecule has 0 aliphatic carbocycles. The van der Waals surface area contributed by atoms with Gasteiger partial charge in [-0.1, -0.05) is 38.1 Å². The Morgan fingerprint density at radius 1 is 0.935 bits per heavy atom. The van der Waals surface area contributed by atoms with Crippen molar-refractivity contribution in [2.24, 2.45) is 0 Å². The van der Waals surface area contributed by atoms with E-state index in [1.54, 1.807) is 36.4 Å². The van der Waals surface area contributed by atoms with E-state index in [0.717, 1.165) is 13.1 Å². The van der Waals surface area contributed by atoms with Gasteiger partial charge in [0.05, 0.1) is 0 Å². The van der Waals surface area contributed by atoms with Crippen molar-refractivity contribution in [1.82, 2.24) is 4.90 Å². The minimum atomic E-state index is -1.11. The van der Waals surface area contributed by atoms with Gasteiger partial charge < -0.3 is 24.6 Å². The molecule has 0 amide bonds. The second-order valence-corrected chi connectivity index (χ2v) is 6.07. The Kier molecular flexibility index (Phi) is 13.3. The largest absolute Gasteiger partial charge is 0.507 e. The number of aromatic carboxylic acids is 1. The number of aromatic hydroxyl groups is 1. The van der Waals surface area contributed by atoms with Crippen LogP contribution in [0.1, 0.15) is 41.5 Å². The number of ether oxygens (including phenoxy) is 2. The molecule has 0 heterocycles. The summed E-state index contributed by atoms with van der Waals surface area (Å²) in [5.41, 5.74) is 0.199. The standard InChI is InChI=1S/C15H21NO4.C7H6O3.ClH/c1-4-16(5-2)10-11-19-15(18)13-8-6-7-9-14(13)20-12(3)17;8-6-4-2-1-3-5(6)7(9)10;/h6-9H,4-5,10-11H2,1-3H3;1-4,8H,(H,9,10);1H. The van der Waals surface area contributed by atoms with Crippen molar-refractivity contribution in [2.75, 3.05) is 26.2 Å². The van der Waals surface area contributed by atoms with Gasteiger partial charge in [-0.15, -0.1) is 12.4 Å². The van der Waals surface area contributed by atoms with Gasteiger partial charge in [-0.25, -0.2) is 9.59 Å². The smallest absolute Gasteiger partial charge is 0.341 e. The Hall–Kier alpha value is -3.10. The molecule has 0 bridgehead atoms. The van der Waals surface area contributed by atoms with Crippen molar-refractivity contribution < 1.29 is 34.1 Å². The zero-order valence-electron chi connectivity index (χ0n) is 17.7. The molecular weight excluding hydrogens is 426 g/mol. The SMILES string of the molecule is CCN(CC)CCOC(=O)c1ccccc1OC(C)=O.Cl.O=C(O)c1ccccc1O. The summed E-state index contributed by atoms with van der Waals surface area (Å²) in [6.45, 7) is 8.24. The van der Waals surface area contributed by atoms with Gasteiger partial charge in [-0.2, -0.15) is 0 Å². The molecule has 0 aliphatic rings. The highest BCUT2D eigenvalue weighted by molar-refractivity contribution is 5.93. The van der Waals surface area contributed by atoms with Crippen LogP contribution in [0.25, 0.3) is 0 Å². The molecule has 8 nitrogen and oxygen atoms in total. The summed E-state index contributed by atoms with van der Waals surface area (Å²) >= 11 is 0. The number of halogens is 1. The molecule has 31 heavy (non-hydrogen) atoms. The Morgan fingerprint density at radius 2 is 1.48 bits per heavy atom. The van der Waals surface area contributed by atoms with Crippen LogP contribution in [0.5, 0.6) is 11.5 Å². The lowest BCUT2D eigenvalue weighted by molar-refractivity contribution is -0.131. The van der Waals surface area contributed by atoms with Crippen molar-refractivity contribution in [3.05, 3.63) is 59.7 Å². The number of benzene rings is 2. The fourth-order valence-electron chi connectivity index (χ4n) is 2.42. The molecule has 0 radical (unpaired) electrons. The molecule has 0 aromatic heterocycles. The van der Waals surface area contributed by atoms with Crippen LogP contribution in [0.15, 0.2) is 48.5 Å². The maximum absolute atomic E-state index is 12.0. The number of carboxylic acid groups (broad SMARTS) is 1. The van der Waals surface area contributed by atoms with Gasteiger partial charge in [0.25, 0.3) is 0 Å². The Bertz CT molecular complexity index is 853. The van der Waals surface area contributed by atoms with Gasteiger partial charge >= 0.3 is 17.9 Å². The third kappa shape index (κ3) is 9.97. The molecular formula is C22H28ClNO7. The number of nitrogens with zero attached hydrogens (tertiary/aromatic N) is 1. The van der Waals surface area contributed by atoms with Crippen molar-refractivity contribution in [3.63, 3.8) is 0 Å². The molecule has 170 valence electrons. The van der Waals surface area contributed by atoms with Gasteiger partial charge in [0, 0.05) is 13.5 Å². The van der Waals surface area contributed by atoms with E-state index in [1.165, 1.54) is 19.1 Å². The summed E-state index contributed by atoms with van der Waals surface area (Å²) in [5, 5.41) is 17.3. The molecule has 9 heteroatoms. The minimum absolute atomic E-state index is 0. The monoisotopic (exact) mass is 453 g/mol. The highest BCUT2D eigenvalue weighted by Crippen LogP contribution is 2.19. The lowest BCUT2D eigenvalue weighted by atomic mass is 10.2. The number of para-hydroxylation sites is 2. The number of rotatable bonds is 8. The summed E-state index contributed by atoms with van der Waals surface area (Å²) in [6, 6.07) is 12.4. The van der Waals surface area contributed by atoms with Crippen molar-refractivity contribution in [1.29, 1.82) is 0 Å². The van der Waals surface area contributed by atoms with Gasteiger partial charge in [0.2, 0.25) is 0 Å². The van der Waals surface area contributed by atoms with E-state index < -0.39 is 17.9 Å². The number of carbonyl (C=O) groups is 3. The number of carboxylic acids is 1. The number of likely N-dealkylation sites (N-methyl/N-ethyl adjacent to an activating group) is 1. The third-order valence-electron chi connectivity index (χ3n) is 4.03. The summed E-state index contributed by atoms with van der Waals surface area (Å²) in [4.78, 5) is 35.4. The van der Waals surface area contributed by atoms with Crippen molar-refractivity contribution in [3.8, 4) is 11.5 Å². The topological polar surface area (TPSA) is 113 Å². The molecule has 0 saturated carbocycles. The number of esters is 2. The van der Waals surface area contributed by atoms with Gasteiger partial charge in [-0.3, -0.25) is 4.79 Å². The zero-order chi connectivity index (χ0) is 22.5. The average molecular weight is 454 g/mol. The molecule has 0 fully saturated rings. The fourth-order valence-corrected chi connectivity index (χ4v) is 2.42. The lowest BCUT2D eigenvalue weighted by Crippen LogP contribution is -2.28. The summed E-state index contributed by atoms with van der Waals surface area (Å²) in [6.07, 6.45) is 0. The molecule has 0 aliphatic heterocycles. The predicted octanol–water partition coefficient (Wildman–Crippen LogP) is 3.62. The molecule has 2 rings (SSSR count). The van der Waals surface area contributed by atoms with Gasteiger partial charge in [0.1, 0.15) is 29.2 Å². The zero-order valence-corrected chi connectivity index (χ0v) is 18.6. The van der Waals surface area contributed by atoms with E-state index in [1.807, 2.05) is 0 Å². The maximum Gasteiger partial charge on any atom is 0.341 e. The van der Waals surface area contributed by atoms with E-state index in [2.05, 4.69) is 18.7 Å². The first-order valence-corrected chi connectivity index (χ1v) is 9.48. The highest BCUT2D eigenvalue weighted by atomic mass is 35.5. The quantitative estimate of drug-likeness (QED) is 0.460. The van der Waals surface area contributed by atoms with Crippen molar-refractivity contribution in [2.45, 2.75) is 20.8 Å². The lowest BCUT2D eigenvalue weighted by Gasteiger charge is -2.17. The number of hydrogen-bond donors (Lipinski definition) is 2. The number of hydrogen-bond acceptors (Lipinski definition) is 7. The molecule has 2 aromatic carbocycles. The Labute approximate surface area is 187 Å². The number of phenols is 1. The normalized spacial score (nSPS) is 9.68. The van der Waals surface area contributed by atoms with Crippen LogP contribution in [0.4, 0.5) is 0 Å². The molecule has 0 atom stereocenters. The van der Waals surface area contributed by atoms with Crippen LogP contribution in [0.2, 0.25) is 0 Å². The first-order chi connectivity index (χ1) is 14.3. The Balaban J connectivity index is 0.000000688. The summed E-state index contributed by atoms with van der Waals surface area (Å²) in [5.74, 6) is -2.02. The van der Waals surface area contributed by atoms with Crippen LogP contribution in [0, 0.1) is 0 Å². The van der Waals surface area contributed by atoms with E-state index in [-0.39, 0.29) is 35.0 Å². The predicted molar refractivity (Wildman–Crippen MR) is 118 cm³/mol. The second-order valence-electron chi connectivity index (χ2n) is 6.07. The molecule has 2 aromatic rings. The summed E-state index contributed by atoms with van der Waals surface area (Å²) < 4.78 is 10.2. The molecule has 2 N–H and O–H groups in total.